The topological polar surface area (TPSA) is 121 Å². The molecule has 0 fully saturated rings. The van der Waals surface area contributed by atoms with Gasteiger partial charge in [-0.2, -0.15) is 4.99 Å². The molecule has 2 N–H and O–H groups in total. The number of ether oxygens (including phenoxy) is 1. The molecule has 0 radical (unpaired) electrons. The van der Waals surface area contributed by atoms with E-state index in [0.29, 0.717) is 20.6 Å². The zero-order valence-corrected chi connectivity index (χ0v) is 17.2. The molecule has 29 heavy (non-hydrogen) atoms. The van der Waals surface area contributed by atoms with Gasteiger partial charge < -0.3 is 9.30 Å². The molecule has 0 unspecified atom stereocenters. The molecule has 3 aromatic rings. The number of esters is 1. The minimum atomic E-state index is -3.87. The van der Waals surface area contributed by atoms with E-state index in [2.05, 4.69) is 4.99 Å². The van der Waals surface area contributed by atoms with Crippen LogP contribution in [0.3, 0.4) is 0 Å². The number of nitrogens with two attached hydrogens (primary N) is 1. The number of amides is 1. The molecular weight excluding hydrogens is 414 g/mol. The Morgan fingerprint density at radius 2 is 1.90 bits per heavy atom. The van der Waals surface area contributed by atoms with Crippen LogP contribution in [-0.4, -0.2) is 31.5 Å². The van der Waals surface area contributed by atoms with Crippen molar-refractivity contribution in [2.45, 2.75) is 24.8 Å². The van der Waals surface area contributed by atoms with Crippen molar-refractivity contribution in [3.63, 3.8) is 0 Å². The van der Waals surface area contributed by atoms with Crippen molar-refractivity contribution < 1.29 is 22.7 Å². The van der Waals surface area contributed by atoms with Crippen LogP contribution in [0.4, 0.5) is 0 Å². The van der Waals surface area contributed by atoms with Crippen molar-refractivity contribution in [3.05, 3.63) is 58.9 Å². The normalized spacial score (nSPS) is 12.3. The number of aryl methyl sites for hydroxylation is 1. The summed E-state index contributed by atoms with van der Waals surface area (Å²) < 4.78 is 30.6. The van der Waals surface area contributed by atoms with Gasteiger partial charge >= 0.3 is 5.97 Å². The summed E-state index contributed by atoms with van der Waals surface area (Å²) in [5.41, 5.74) is 1.07. The van der Waals surface area contributed by atoms with Gasteiger partial charge in [0.2, 0.25) is 10.0 Å². The Balaban J connectivity index is 2.10. The molecule has 0 spiro atoms. The lowest BCUT2D eigenvalue weighted by Gasteiger charge is -2.06. The summed E-state index contributed by atoms with van der Waals surface area (Å²) in [7, 11) is -3.87. The van der Waals surface area contributed by atoms with Gasteiger partial charge in [-0.1, -0.05) is 29.5 Å². The third-order valence-electron chi connectivity index (χ3n) is 4.05. The lowest BCUT2D eigenvalue weighted by Crippen LogP contribution is -2.19. The van der Waals surface area contributed by atoms with E-state index in [9.17, 15) is 18.0 Å². The maximum atomic E-state index is 12.5. The highest BCUT2D eigenvalue weighted by Gasteiger charge is 2.14. The third-order valence-corrected chi connectivity index (χ3v) is 6.00. The van der Waals surface area contributed by atoms with E-state index in [1.54, 1.807) is 47.9 Å². The van der Waals surface area contributed by atoms with Crippen LogP contribution < -0.4 is 9.94 Å². The summed E-state index contributed by atoms with van der Waals surface area (Å²) in [6.07, 6.45) is 0.0866. The Bertz CT molecular complexity index is 1230. The van der Waals surface area contributed by atoms with Crippen molar-refractivity contribution in [3.8, 4) is 0 Å². The second-order valence-corrected chi connectivity index (χ2v) is 8.62. The highest BCUT2D eigenvalue weighted by molar-refractivity contribution is 7.89. The standard InChI is InChI=1S/C19H19N3O5S2/c1-2-27-17(23)10-11-22-15-9-8-14(29(20,25)26)12-16(15)28-19(22)21-18(24)13-6-4-3-5-7-13/h3-9,12H,2,10-11H2,1H3,(H2,20,25,26). The molecule has 0 aliphatic rings. The SMILES string of the molecule is CCOC(=O)CCn1c(=NC(=O)c2ccccc2)sc2cc(S(N)(=O)=O)ccc21. The summed E-state index contributed by atoms with van der Waals surface area (Å²) in [6, 6.07) is 13.0. The second-order valence-electron chi connectivity index (χ2n) is 6.05. The molecule has 0 saturated heterocycles. The number of fused-ring (bicyclic) bond motifs is 1. The molecule has 0 bridgehead atoms. The number of carbonyl (C=O) groups is 2. The summed E-state index contributed by atoms with van der Waals surface area (Å²) in [4.78, 5) is 28.8. The highest BCUT2D eigenvalue weighted by atomic mass is 32.2. The van der Waals surface area contributed by atoms with Crippen LogP contribution >= 0.6 is 11.3 Å². The average molecular weight is 434 g/mol. The van der Waals surface area contributed by atoms with E-state index in [-0.39, 0.29) is 30.4 Å². The average Bonchev–Trinajstić information content (AvgIpc) is 3.02. The first-order valence-corrected chi connectivity index (χ1v) is 11.1. The number of thiazole rings is 1. The van der Waals surface area contributed by atoms with Crippen molar-refractivity contribution in [2.24, 2.45) is 10.1 Å². The Hall–Kier alpha value is -2.82. The van der Waals surface area contributed by atoms with Gasteiger partial charge in [0.15, 0.2) is 4.80 Å². The van der Waals surface area contributed by atoms with Crippen molar-refractivity contribution >= 4 is 43.5 Å². The molecular formula is C19H19N3O5S2. The predicted molar refractivity (Wildman–Crippen MR) is 109 cm³/mol. The molecule has 8 nitrogen and oxygen atoms in total. The van der Waals surface area contributed by atoms with E-state index in [1.807, 2.05) is 0 Å². The third kappa shape index (κ3) is 4.97. The Morgan fingerprint density at radius 1 is 1.17 bits per heavy atom. The molecule has 2 aromatic carbocycles. The van der Waals surface area contributed by atoms with Gasteiger partial charge in [-0.15, -0.1) is 0 Å². The van der Waals surface area contributed by atoms with E-state index in [1.165, 1.54) is 12.1 Å². The number of primary sulfonamides is 1. The van der Waals surface area contributed by atoms with Gasteiger partial charge in [0.1, 0.15) is 0 Å². The van der Waals surface area contributed by atoms with Gasteiger partial charge in [-0.05, 0) is 37.3 Å². The van der Waals surface area contributed by atoms with Gasteiger partial charge in [0.25, 0.3) is 5.91 Å². The molecule has 1 amide bonds. The molecule has 0 saturated carbocycles. The lowest BCUT2D eigenvalue weighted by molar-refractivity contribution is -0.143. The van der Waals surface area contributed by atoms with Crippen molar-refractivity contribution in [1.29, 1.82) is 0 Å². The largest absolute Gasteiger partial charge is 0.466 e. The summed E-state index contributed by atoms with van der Waals surface area (Å²) in [6.45, 7) is 2.23. The van der Waals surface area contributed by atoms with E-state index < -0.39 is 15.9 Å². The number of sulfonamides is 1. The molecule has 0 aliphatic carbocycles. The smallest absolute Gasteiger partial charge is 0.307 e. The number of aromatic nitrogens is 1. The van der Waals surface area contributed by atoms with Gasteiger partial charge in [0.05, 0.1) is 28.1 Å². The molecule has 3 rings (SSSR count). The van der Waals surface area contributed by atoms with Crippen LogP contribution in [-0.2, 0) is 26.1 Å². The van der Waals surface area contributed by atoms with Crippen LogP contribution in [0.5, 0.6) is 0 Å². The summed E-state index contributed by atoms with van der Waals surface area (Å²) >= 11 is 1.15. The minimum Gasteiger partial charge on any atom is -0.466 e. The Morgan fingerprint density at radius 3 is 2.55 bits per heavy atom. The fourth-order valence-electron chi connectivity index (χ4n) is 2.70. The molecule has 1 heterocycles. The van der Waals surface area contributed by atoms with Crippen LogP contribution in [0.1, 0.15) is 23.7 Å². The van der Waals surface area contributed by atoms with E-state index in [4.69, 9.17) is 9.88 Å². The zero-order chi connectivity index (χ0) is 21.0. The molecule has 1 aromatic heterocycles. The molecule has 0 atom stereocenters. The van der Waals surface area contributed by atoms with Crippen LogP contribution in [0.15, 0.2) is 58.4 Å². The summed E-state index contributed by atoms with van der Waals surface area (Å²) in [5, 5.41) is 5.21. The van der Waals surface area contributed by atoms with E-state index >= 15 is 0 Å². The maximum Gasteiger partial charge on any atom is 0.307 e. The molecule has 0 aliphatic heterocycles. The van der Waals surface area contributed by atoms with Gasteiger partial charge in [-0.3, -0.25) is 9.59 Å². The molecule has 152 valence electrons. The Labute approximate surface area is 171 Å². The number of carbonyl (C=O) groups excluding carboxylic acids is 2. The van der Waals surface area contributed by atoms with Crippen LogP contribution in [0, 0.1) is 0 Å². The quantitative estimate of drug-likeness (QED) is 0.597. The number of rotatable bonds is 6. The first-order chi connectivity index (χ1) is 13.8. The first kappa shape index (κ1) is 20.9. The maximum absolute atomic E-state index is 12.5. The molecule has 10 heteroatoms. The van der Waals surface area contributed by atoms with Crippen molar-refractivity contribution in [1.82, 2.24) is 4.57 Å². The number of hydrogen-bond donors (Lipinski definition) is 1. The second kappa shape index (κ2) is 8.68. The Kier molecular flexibility index (Phi) is 6.26. The van der Waals surface area contributed by atoms with Gasteiger partial charge in [0, 0.05) is 12.1 Å². The monoisotopic (exact) mass is 433 g/mol. The minimum absolute atomic E-state index is 0.0373. The zero-order valence-electron chi connectivity index (χ0n) is 15.6. The predicted octanol–water partition coefficient (Wildman–Crippen LogP) is 2.04. The van der Waals surface area contributed by atoms with Gasteiger partial charge in [-0.25, -0.2) is 13.6 Å². The van der Waals surface area contributed by atoms with Crippen molar-refractivity contribution in [2.75, 3.05) is 6.61 Å². The number of hydrogen-bond acceptors (Lipinski definition) is 6. The van der Waals surface area contributed by atoms with Crippen LogP contribution in [0.2, 0.25) is 0 Å². The highest BCUT2D eigenvalue weighted by Crippen LogP contribution is 2.22. The van der Waals surface area contributed by atoms with Crippen LogP contribution in [0.25, 0.3) is 10.2 Å². The first-order valence-electron chi connectivity index (χ1n) is 8.75. The fraction of sp³-hybridized carbons (Fsp3) is 0.211. The number of benzene rings is 2. The van der Waals surface area contributed by atoms with E-state index in [0.717, 1.165) is 11.3 Å². The summed E-state index contributed by atoms with van der Waals surface area (Å²) in [5.74, 6) is -0.811. The fourth-order valence-corrected chi connectivity index (χ4v) is 4.41. The number of nitrogens with zero attached hydrogens (tertiary/aromatic N) is 2. The lowest BCUT2D eigenvalue weighted by atomic mass is 10.2.